The number of carbonyl (C=O) groups is 1. The third-order valence-corrected chi connectivity index (χ3v) is 5.72. The standard InChI is InChI=1S/C23H28N2O3/c1-14-10-17(6-9-22(14)27-3)19-11-20(19)23(26)25-15(2)21-8-7-18(12-24-21)28-13-16-4-5-16/h6-10,12,15-16,19-20H,4-5,11,13H2,1-3H3,(H,25,26)/t15-,19?,20?/m1/s1. The monoisotopic (exact) mass is 380 g/mol. The van der Waals surface area contributed by atoms with Gasteiger partial charge in [0, 0.05) is 5.92 Å². The predicted octanol–water partition coefficient (Wildman–Crippen LogP) is 4.17. The van der Waals surface area contributed by atoms with E-state index in [1.165, 1.54) is 18.4 Å². The molecule has 2 aliphatic carbocycles. The lowest BCUT2D eigenvalue weighted by atomic mass is 10.1. The van der Waals surface area contributed by atoms with Crippen LogP contribution in [-0.2, 0) is 4.79 Å². The van der Waals surface area contributed by atoms with E-state index >= 15 is 0 Å². The number of carbonyl (C=O) groups excluding carboxylic acids is 1. The highest BCUT2D eigenvalue weighted by molar-refractivity contribution is 5.83. The highest BCUT2D eigenvalue weighted by Gasteiger charge is 2.44. The minimum Gasteiger partial charge on any atom is -0.496 e. The smallest absolute Gasteiger partial charge is 0.224 e. The molecule has 1 aromatic heterocycles. The summed E-state index contributed by atoms with van der Waals surface area (Å²) in [6, 6.07) is 9.93. The van der Waals surface area contributed by atoms with E-state index in [4.69, 9.17) is 9.47 Å². The molecule has 1 N–H and O–H groups in total. The second-order valence-corrected chi connectivity index (χ2v) is 8.08. The Morgan fingerprint density at radius 2 is 2.11 bits per heavy atom. The Balaban J connectivity index is 1.30. The van der Waals surface area contributed by atoms with Crippen molar-refractivity contribution in [2.24, 2.45) is 11.8 Å². The van der Waals surface area contributed by atoms with Crippen molar-refractivity contribution in [1.29, 1.82) is 0 Å². The molecule has 3 atom stereocenters. The van der Waals surface area contributed by atoms with Crippen LogP contribution in [0.5, 0.6) is 11.5 Å². The lowest BCUT2D eigenvalue weighted by molar-refractivity contribution is -0.123. The van der Waals surface area contributed by atoms with Gasteiger partial charge in [-0.25, -0.2) is 0 Å². The molecule has 0 spiro atoms. The Kier molecular flexibility index (Phi) is 5.25. The molecule has 1 aromatic carbocycles. The predicted molar refractivity (Wildman–Crippen MR) is 108 cm³/mol. The molecule has 148 valence electrons. The molecule has 1 heterocycles. The van der Waals surface area contributed by atoms with Gasteiger partial charge >= 0.3 is 0 Å². The van der Waals surface area contributed by atoms with Crippen molar-refractivity contribution >= 4 is 5.91 Å². The van der Waals surface area contributed by atoms with Crippen molar-refractivity contribution in [2.75, 3.05) is 13.7 Å². The number of benzene rings is 1. The number of pyridine rings is 1. The van der Waals surface area contributed by atoms with E-state index in [0.29, 0.717) is 5.92 Å². The maximum Gasteiger partial charge on any atom is 0.224 e. The second-order valence-electron chi connectivity index (χ2n) is 8.08. The van der Waals surface area contributed by atoms with Gasteiger partial charge in [0.1, 0.15) is 11.5 Å². The third kappa shape index (κ3) is 4.29. The van der Waals surface area contributed by atoms with Crippen molar-refractivity contribution in [3.8, 4) is 11.5 Å². The van der Waals surface area contributed by atoms with Gasteiger partial charge in [-0.2, -0.15) is 0 Å². The average Bonchev–Trinajstić information content (AvgIpc) is 3.61. The maximum atomic E-state index is 12.6. The first-order valence-electron chi connectivity index (χ1n) is 10.1. The van der Waals surface area contributed by atoms with E-state index in [2.05, 4.69) is 22.4 Å². The first-order chi connectivity index (χ1) is 13.5. The minimum atomic E-state index is -0.121. The van der Waals surface area contributed by atoms with Crippen molar-refractivity contribution in [1.82, 2.24) is 10.3 Å². The van der Waals surface area contributed by atoms with E-state index in [-0.39, 0.29) is 17.9 Å². The molecule has 4 rings (SSSR count). The molecule has 1 amide bonds. The number of aryl methyl sites for hydroxylation is 1. The molecule has 2 fully saturated rings. The van der Waals surface area contributed by atoms with Gasteiger partial charge in [-0.15, -0.1) is 0 Å². The van der Waals surface area contributed by atoms with Crippen molar-refractivity contribution < 1.29 is 14.3 Å². The quantitative estimate of drug-likeness (QED) is 0.747. The van der Waals surface area contributed by atoms with E-state index in [1.807, 2.05) is 32.0 Å². The summed E-state index contributed by atoms with van der Waals surface area (Å²) in [5.74, 6) is 2.83. The summed E-state index contributed by atoms with van der Waals surface area (Å²) in [7, 11) is 1.68. The molecule has 5 heteroatoms. The summed E-state index contributed by atoms with van der Waals surface area (Å²) >= 11 is 0. The van der Waals surface area contributed by atoms with Crippen LogP contribution < -0.4 is 14.8 Å². The zero-order valence-corrected chi connectivity index (χ0v) is 16.8. The molecule has 2 saturated carbocycles. The zero-order chi connectivity index (χ0) is 19.7. The van der Waals surface area contributed by atoms with Crippen LogP contribution in [-0.4, -0.2) is 24.6 Å². The van der Waals surface area contributed by atoms with Gasteiger partial charge in [0.05, 0.1) is 31.6 Å². The number of rotatable bonds is 8. The van der Waals surface area contributed by atoms with Crippen LogP contribution in [0.25, 0.3) is 0 Å². The van der Waals surface area contributed by atoms with E-state index < -0.39 is 0 Å². The summed E-state index contributed by atoms with van der Waals surface area (Å²) in [5, 5.41) is 3.11. The Hall–Kier alpha value is -2.56. The van der Waals surface area contributed by atoms with Crippen molar-refractivity contribution in [3.63, 3.8) is 0 Å². The first kappa shape index (κ1) is 18.8. The van der Waals surface area contributed by atoms with E-state index in [9.17, 15) is 4.79 Å². The SMILES string of the molecule is COc1ccc(C2CC2C(=O)N[C@H](C)c2ccc(OCC3CC3)cn2)cc1C. The number of nitrogens with zero attached hydrogens (tertiary/aromatic N) is 1. The summed E-state index contributed by atoms with van der Waals surface area (Å²) in [6.07, 6.45) is 5.19. The molecule has 0 aliphatic heterocycles. The van der Waals surface area contributed by atoms with Gasteiger partial charge in [0.2, 0.25) is 5.91 Å². The number of aromatic nitrogens is 1. The molecule has 0 bridgehead atoms. The summed E-state index contributed by atoms with van der Waals surface area (Å²) < 4.78 is 11.0. The Labute approximate surface area is 166 Å². The van der Waals surface area contributed by atoms with Crippen LogP contribution in [0.3, 0.4) is 0 Å². The number of amides is 1. The van der Waals surface area contributed by atoms with Crippen molar-refractivity contribution in [3.05, 3.63) is 53.3 Å². The molecule has 5 nitrogen and oxygen atoms in total. The van der Waals surface area contributed by atoms with Crippen LogP contribution >= 0.6 is 0 Å². The summed E-state index contributed by atoms with van der Waals surface area (Å²) in [5.41, 5.74) is 3.17. The fraction of sp³-hybridized carbons (Fsp3) is 0.478. The number of nitrogens with one attached hydrogen (secondary N) is 1. The lowest BCUT2D eigenvalue weighted by Crippen LogP contribution is -2.28. The topological polar surface area (TPSA) is 60.5 Å². The Bertz CT molecular complexity index is 845. The fourth-order valence-corrected chi connectivity index (χ4v) is 3.61. The molecule has 28 heavy (non-hydrogen) atoms. The normalized spacial score (nSPS) is 21.7. The molecule has 2 aliphatic rings. The average molecular weight is 380 g/mol. The minimum absolute atomic E-state index is 0.0383. The van der Waals surface area contributed by atoms with Gasteiger partial charge in [-0.05, 0) is 74.3 Å². The number of methoxy groups -OCH3 is 1. The zero-order valence-electron chi connectivity index (χ0n) is 16.8. The number of hydrogen-bond acceptors (Lipinski definition) is 4. The second kappa shape index (κ2) is 7.82. The van der Waals surface area contributed by atoms with Crippen LogP contribution in [0.1, 0.15) is 55.0 Å². The van der Waals surface area contributed by atoms with Crippen LogP contribution in [0, 0.1) is 18.8 Å². The Morgan fingerprint density at radius 1 is 1.29 bits per heavy atom. The highest BCUT2D eigenvalue weighted by Crippen LogP contribution is 2.48. The molecular formula is C23H28N2O3. The van der Waals surface area contributed by atoms with Crippen LogP contribution in [0.15, 0.2) is 36.5 Å². The van der Waals surface area contributed by atoms with Crippen molar-refractivity contribution in [2.45, 2.75) is 45.1 Å². The van der Waals surface area contributed by atoms with Gasteiger partial charge in [-0.1, -0.05) is 12.1 Å². The first-order valence-corrected chi connectivity index (χ1v) is 10.1. The molecule has 0 saturated heterocycles. The number of ether oxygens (including phenoxy) is 2. The third-order valence-electron chi connectivity index (χ3n) is 5.72. The highest BCUT2D eigenvalue weighted by atomic mass is 16.5. The molecule has 0 radical (unpaired) electrons. The van der Waals surface area contributed by atoms with E-state index in [1.54, 1.807) is 13.3 Å². The number of hydrogen-bond donors (Lipinski definition) is 1. The largest absolute Gasteiger partial charge is 0.496 e. The molecule has 2 aromatic rings. The fourth-order valence-electron chi connectivity index (χ4n) is 3.61. The Morgan fingerprint density at radius 3 is 2.75 bits per heavy atom. The summed E-state index contributed by atoms with van der Waals surface area (Å²) in [6.45, 7) is 4.78. The van der Waals surface area contributed by atoms with Gasteiger partial charge in [-0.3, -0.25) is 9.78 Å². The molecular weight excluding hydrogens is 352 g/mol. The van der Waals surface area contributed by atoms with Crippen LogP contribution in [0.4, 0.5) is 0 Å². The molecule has 2 unspecified atom stereocenters. The van der Waals surface area contributed by atoms with Crippen LogP contribution in [0.2, 0.25) is 0 Å². The maximum absolute atomic E-state index is 12.6. The van der Waals surface area contributed by atoms with Gasteiger partial charge in [0.25, 0.3) is 0 Å². The van der Waals surface area contributed by atoms with Gasteiger partial charge < -0.3 is 14.8 Å². The van der Waals surface area contributed by atoms with E-state index in [0.717, 1.165) is 41.7 Å². The summed E-state index contributed by atoms with van der Waals surface area (Å²) in [4.78, 5) is 17.1. The van der Waals surface area contributed by atoms with Gasteiger partial charge in [0.15, 0.2) is 0 Å². The lowest BCUT2D eigenvalue weighted by Gasteiger charge is -2.14.